The Kier molecular flexibility index (Phi) is 4.74. The number of anilines is 3. The monoisotopic (exact) mass is 376 g/mol. The van der Waals surface area contributed by atoms with Crippen molar-refractivity contribution in [3.63, 3.8) is 0 Å². The Hall–Kier alpha value is -4.08. The van der Waals surface area contributed by atoms with Crippen LogP contribution >= 0.6 is 0 Å². The number of ether oxygens (including phenoxy) is 1. The van der Waals surface area contributed by atoms with E-state index in [0.29, 0.717) is 34.9 Å². The van der Waals surface area contributed by atoms with E-state index < -0.39 is 0 Å². The van der Waals surface area contributed by atoms with Gasteiger partial charge in [0.05, 0.1) is 13.5 Å². The predicted octanol–water partition coefficient (Wildman–Crippen LogP) is 2.24. The second-order valence-electron chi connectivity index (χ2n) is 5.68. The molecule has 0 atom stereocenters. The van der Waals surface area contributed by atoms with Crippen molar-refractivity contribution in [1.82, 2.24) is 30.1 Å². The van der Waals surface area contributed by atoms with Crippen LogP contribution in [-0.2, 0) is 6.42 Å². The number of para-hydroxylation sites is 1. The van der Waals surface area contributed by atoms with E-state index in [1.54, 1.807) is 18.3 Å². The minimum absolute atomic E-state index is 0.0982. The van der Waals surface area contributed by atoms with Crippen LogP contribution < -0.4 is 15.8 Å². The predicted molar refractivity (Wildman–Crippen MR) is 101 cm³/mol. The number of methoxy groups -OCH3 is 1. The van der Waals surface area contributed by atoms with Crippen molar-refractivity contribution in [2.75, 3.05) is 18.2 Å². The number of nitrogen functional groups attached to an aromatic ring is 1. The molecule has 140 valence electrons. The third-order valence-corrected chi connectivity index (χ3v) is 3.71. The summed E-state index contributed by atoms with van der Waals surface area (Å²) in [7, 11) is 1.53. The van der Waals surface area contributed by atoms with Crippen molar-refractivity contribution >= 4 is 17.6 Å². The van der Waals surface area contributed by atoms with E-state index in [1.165, 1.54) is 7.11 Å². The van der Waals surface area contributed by atoms with Crippen LogP contribution in [0.4, 0.5) is 17.6 Å². The third kappa shape index (κ3) is 3.85. The average Bonchev–Trinajstić information content (AvgIpc) is 3.16. The number of hydrogen-bond donors (Lipinski definition) is 2. The summed E-state index contributed by atoms with van der Waals surface area (Å²) in [5.74, 6) is 1.95. The van der Waals surface area contributed by atoms with Gasteiger partial charge in [-0.1, -0.05) is 23.4 Å². The molecule has 0 bridgehead atoms. The van der Waals surface area contributed by atoms with E-state index in [1.807, 2.05) is 30.3 Å². The number of rotatable bonds is 6. The number of nitrogens with zero attached hydrogens (tertiary/aromatic N) is 6. The van der Waals surface area contributed by atoms with Gasteiger partial charge in [-0.2, -0.15) is 19.9 Å². The van der Waals surface area contributed by atoms with Gasteiger partial charge in [-0.15, -0.1) is 0 Å². The second-order valence-corrected chi connectivity index (χ2v) is 5.68. The zero-order chi connectivity index (χ0) is 19.3. The SMILES string of the molecule is COc1ncccc1-c1nc(Cc2nc(N)nc(Nc3ccccc3)n2)no1. The van der Waals surface area contributed by atoms with Crippen molar-refractivity contribution in [2.45, 2.75) is 6.42 Å². The fraction of sp³-hybridized carbons (Fsp3) is 0.111. The van der Waals surface area contributed by atoms with Crippen LogP contribution in [0.25, 0.3) is 11.5 Å². The topological polar surface area (TPSA) is 138 Å². The van der Waals surface area contributed by atoms with Gasteiger partial charge < -0.3 is 20.3 Å². The highest BCUT2D eigenvalue weighted by Crippen LogP contribution is 2.26. The molecule has 0 saturated carbocycles. The van der Waals surface area contributed by atoms with Gasteiger partial charge in [0.15, 0.2) is 5.82 Å². The van der Waals surface area contributed by atoms with Crippen molar-refractivity contribution in [3.8, 4) is 17.3 Å². The summed E-state index contributed by atoms with van der Waals surface area (Å²) < 4.78 is 10.5. The van der Waals surface area contributed by atoms with Crippen LogP contribution in [-0.4, -0.2) is 37.2 Å². The molecule has 0 spiro atoms. The number of benzene rings is 1. The molecule has 4 rings (SSSR count). The molecular weight excluding hydrogens is 360 g/mol. The van der Waals surface area contributed by atoms with Gasteiger partial charge in [0.1, 0.15) is 11.4 Å². The maximum atomic E-state index is 5.81. The standard InChI is InChI=1S/C18H16N8O2/c1-27-15-12(8-5-9-20-15)16-22-14(26-28-16)10-13-23-17(19)25-18(24-13)21-11-6-3-2-4-7-11/h2-9H,10H2,1H3,(H3,19,21,23,24,25). The zero-order valence-corrected chi connectivity index (χ0v) is 14.9. The second kappa shape index (κ2) is 7.66. The van der Waals surface area contributed by atoms with Gasteiger partial charge >= 0.3 is 0 Å². The minimum atomic E-state index is 0.0982. The van der Waals surface area contributed by atoms with Crippen molar-refractivity contribution in [1.29, 1.82) is 0 Å². The van der Waals surface area contributed by atoms with E-state index in [-0.39, 0.29) is 12.4 Å². The molecule has 3 heterocycles. The van der Waals surface area contributed by atoms with Gasteiger partial charge in [0, 0.05) is 11.9 Å². The molecule has 3 N–H and O–H groups in total. The lowest BCUT2D eigenvalue weighted by Crippen LogP contribution is -2.08. The largest absolute Gasteiger partial charge is 0.480 e. The first-order valence-corrected chi connectivity index (χ1v) is 8.36. The summed E-state index contributed by atoms with van der Waals surface area (Å²) in [4.78, 5) is 21.1. The third-order valence-electron chi connectivity index (χ3n) is 3.71. The molecule has 0 unspecified atom stereocenters. The molecular formula is C18H16N8O2. The Bertz CT molecular complexity index is 1080. The molecule has 10 nitrogen and oxygen atoms in total. The van der Waals surface area contributed by atoms with Gasteiger partial charge in [-0.25, -0.2) is 4.98 Å². The minimum Gasteiger partial charge on any atom is -0.480 e. The first-order chi connectivity index (χ1) is 13.7. The van der Waals surface area contributed by atoms with E-state index in [0.717, 1.165) is 5.69 Å². The maximum absolute atomic E-state index is 5.81. The number of aromatic nitrogens is 6. The first kappa shape index (κ1) is 17.3. The van der Waals surface area contributed by atoms with E-state index >= 15 is 0 Å². The molecule has 0 fully saturated rings. The van der Waals surface area contributed by atoms with Gasteiger partial charge in [0.25, 0.3) is 5.89 Å². The smallest absolute Gasteiger partial charge is 0.263 e. The number of pyridine rings is 1. The van der Waals surface area contributed by atoms with Crippen molar-refractivity contribution in [3.05, 3.63) is 60.3 Å². The average molecular weight is 376 g/mol. The molecule has 1 aromatic carbocycles. The molecule has 0 aliphatic heterocycles. The molecule has 3 aromatic heterocycles. The fourth-order valence-electron chi connectivity index (χ4n) is 2.52. The van der Waals surface area contributed by atoms with Crippen LogP contribution in [0.5, 0.6) is 5.88 Å². The molecule has 0 aliphatic rings. The number of hydrogen-bond acceptors (Lipinski definition) is 10. The summed E-state index contributed by atoms with van der Waals surface area (Å²) in [6, 6.07) is 13.1. The Balaban J connectivity index is 1.56. The zero-order valence-electron chi connectivity index (χ0n) is 14.9. The maximum Gasteiger partial charge on any atom is 0.263 e. The first-order valence-electron chi connectivity index (χ1n) is 8.36. The number of nitrogens with two attached hydrogens (primary N) is 1. The summed E-state index contributed by atoms with van der Waals surface area (Å²) in [6.07, 6.45) is 1.84. The summed E-state index contributed by atoms with van der Waals surface area (Å²) in [5.41, 5.74) is 7.25. The highest BCUT2D eigenvalue weighted by molar-refractivity contribution is 5.59. The lowest BCUT2D eigenvalue weighted by Gasteiger charge is -2.06. The lowest BCUT2D eigenvalue weighted by atomic mass is 10.2. The molecule has 0 saturated heterocycles. The van der Waals surface area contributed by atoms with E-state index in [2.05, 4.69) is 35.4 Å². The van der Waals surface area contributed by atoms with Crippen LogP contribution in [0.3, 0.4) is 0 Å². The Labute approximate surface area is 159 Å². The van der Waals surface area contributed by atoms with Gasteiger partial charge in [0.2, 0.25) is 17.8 Å². The fourth-order valence-corrected chi connectivity index (χ4v) is 2.52. The Morgan fingerprint density at radius 2 is 1.86 bits per heavy atom. The van der Waals surface area contributed by atoms with E-state index in [4.69, 9.17) is 15.0 Å². The quantitative estimate of drug-likeness (QED) is 0.515. The van der Waals surface area contributed by atoms with Crippen LogP contribution in [0.15, 0.2) is 53.2 Å². The summed E-state index contributed by atoms with van der Waals surface area (Å²) in [5, 5.41) is 7.06. The Morgan fingerprint density at radius 3 is 2.68 bits per heavy atom. The summed E-state index contributed by atoms with van der Waals surface area (Å²) >= 11 is 0. The summed E-state index contributed by atoms with van der Waals surface area (Å²) in [6.45, 7) is 0. The Morgan fingerprint density at radius 1 is 1.00 bits per heavy atom. The normalized spacial score (nSPS) is 10.6. The molecule has 28 heavy (non-hydrogen) atoms. The van der Waals surface area contributed by atoms with Gasteiger partial charge in [-0.3, -0.25) is 0 Å². The molecule has 0 aliphatic carbocycles. The highest BCUT2D eigenvalue weighted by atomic mass is 16.5. The van der Waals surface area contributed by atoms with E-state index in [9.17, 15) is 0 Å². The molecule has 0 radical (unpaired) electrons. The molecule has 0 amide bonds. The lowest BCUT2D eigenvalue weighted by molar-refractivity contribution is 0.390. The molecule has 10 heteroatoms. The van der Waals surface area contributed by atoms with Gasteiger partial charge in [-0.05, 0) is 24.3 Å². The van der Waals surface area contributed by atoms with Crippen molar-refractivity contribution in [2.24, 2.45) is 0 Å². The number of nitrogens with one attached hydrogen (secondary N) is 1. The van der Waals surface area contributed by atoms with Crippen LogP contribution in [0.2, 0.25) is 0 Å². The molecule has 4 aromatic rings. The highest BCUT2D eigenvalue weighted by Gasteiger charge is 2.16. The van der Waals surface area contributed by atoms with Crippen LogP contribution in [0, 0.1) is 0 Å². The van der Waals surface area contributed by atoms with Crippen LogP contribution in [0.1, 0.15) is 11.6 Å². The van der Waals surface area contributed by atoms with Crippen molar-refractivity contribution < 1.29 is 9.26 Å².